The molecule has 2 rings (SSSR count). The van der Waals surface area contributed by atoms with Gasteiger partial charge >= 0.3 is 5.97 Å². The van der Waals surface area contributed by atoms with Crippen LogP contribution in [0.3, 0.4) is 0 Å². The van der Waals surface area contributed by atoms with E-state index in [4.69, 9.17) is 4.74 Å². The summed E-state index contributed by atoms with van der Waals surface area (Å²) in [6.07, 6.45) is -0.940. The van der Waals surface area contributed by atoms with Gasteiger partial charge in [0.2, 0.25) is 0 Å². The third-order valence-electron chi connectivity index (χ3n) is 2.66. The van der Waals surface area contributed by atoms with Gasteiger partial charge in [0.25, 0.3) is 0 Å². The Balaban J connectivity index is 2.06. The first-order chi connectivity index (χ1) is 9.16. The Labute approximate surface area is 120 Å². The summed E-state index contributed by atoms with van der Waals surface area (Å²) in [6, 6.07) is 16.5. The molecule has 1 N–H and O–H groups in total. The lowest BCUT2D eigenvalue weighted by molar-refractivity contribution is -0.151. The predicted octanol–water partition coefficient (Wildman–Crippen LogP) is 3.79. The van der Waals surface area contributed by atoms with E-state index in [0.717, 1.165) is 10.0 Å². The number of halogens is 1. The highest BCUT2D eigenvalue weighted by Gasteiger charge is 2.20. The smallest absolute Gasteiger partial charge is 0.337 e. The molecule has 0 heterocycles. The molecule has 98 valence electrons. The summed E-state index contributed by atoms with van der Waals surface area (Å²) < 4.78 is 6.48. The lowest BCUT2D eigenvalue weighted by Crippen LogP contribution is -2.15. The van der Waals surface area contributed by atoms with Crippen molar-refractivity contribution in [2.45, 2.75) is 12.7 Å². The Hall–Kier alpha value is -1.65. The molecule has 0 saturated carbocycles. The summed E-state index contributed by atoms with van der Waals surface area (Å²) in [5.74, 6) is -0.983. The van der Waals surface area contributed by atoms with Crippen LogP contribution < -0.4 is 0 Å². The molecule has 0 aliphatic heterocycles. The Morgan fingerprint density at radius 2 is 1.74 bits per heavy atom. The summed E-state index contributed by atoms with van der Waals surface area (Å²) in [5.41, 5.74) is 1.58. The van der Waals surface area contributed by atoms with Crippen molar-refractivity contribution in [1.82, 2.24) is 0 Å². The molecular formula is C15H13BrO3. The molecule has 0 aliphatic rings. The van der Waals surface area contributed by atoms with E-state index in [1.165, 1.54) is 0 Å². The van der Waals surface area contributed by atoms with E-state index < -0.39 is 12.1 Å². The first kappa shape index (κ1) is 13.8. The summed E-state index contributed by atoms with van der Waals surface area (Å²) in [7, 11) is 0. The fourth-order valence-corrected chi connectivity index (χ4v) is 1.96. The van der Waals surface area contributed by atoms with Crippen molar-refractivity contribution >= 4 is 21.9 Å². The van der Waals surface area contributed by atoms with Crippen LogP contribution in [0.25, 0.3) is 0 Å². The third kappa shape index (κ3) is 3.91. The summed E-state index contributed by atoms with van der Waals surface area (Å²) in [5, 5.41) is 9.22. The van der Waals surface area contributed by atoms with Crippen LogP contribution in [0.2, 0.25) is 0 Å². The molecule has 2 aromatic carbocycles. The SMILES string of the molecule is O=C(O)C(OCc1ccc(Br)cc1)c1ccccc1. The number of aliphatic carboxylic acids is 1. The molecule has 0 aromatic heterocycles. The quantitative estimate of drug-likeness (QED) is 0.911. The highest BCUT2D eigenvalue weighted by molar-refractivity contribution is 9.10. The molecule has 0 spiro atoms. The lowest BCUT2D eigenvalue weighted by Gasteiger charge is -2.14. The molecular weight excluding hydrogens is 308 g/mol. The zero-order valence-electron chi connectivity index (χ0n) is 10.1. The minimum atomic E-state index is -0.983. The second-order valence-corrected chi connectivity index (χ2v) is 4.98. The number of hydrogen-bond donors (Lipinski definition) is 1. The Morgan fingerprint density at radius 3 is 2.32 bits per heavy atom. The van der Waals surface area contributed by atoms with Crippen LogP contribution in [0, 0.1) is 0 Å². The average molecular weight is 321 g/mol. The Bertz CT molecular complexity index is 537. The van der Waals surface area contributed by atoms with E-state index in [9.17, 15) is 9.90 Å². The van der Waals surface area contributed by atoms with Gasteiger partial charge in [0, 0.05) is 4.47 Å². The van der Waals surface area contributed by atoms with Gasteiger partial charge in [-0.2, -0.15) is 0 Å². The van der Waals surface area contributed by atoms with Crippen molar-refractivity contribution in [3.8, 4) is 0 Å². The maximum atomic E-state index is 11.2. The normalized spacial score (nSPS) is 12.1. The Kier molecular flexibility index (Phi) is 4.71. The summed E-state index contributed by atoms with van der Waals surface area (Å²) >= 11 is 3.35. The van der Waals surface area contributed by atoms with Gasteiger partial charge < -0.3 is 9.84 Å². The number of hydrogen-bond acceptors (Lipinski definition) is 2. The van der Waals surface area contributed by atoms with E-state index in [-0.39, 0.29) is 6.61 Å². The first-order valence-corrected chi connectivity index (χ1v) is 6.60. The molecule has 0 fully saturated rings. The van der Waals surface area contributed by atoms with E-state index in [1.54, 1.807) is 24.3 Å². The fourth-order valence-electron chi connectivity index (χ4n) is 1.70. The highest BCUT2D eigenvalue weighted by atomic mass is 79.9. The van der Waals surface area contributed by atoms with Crippen molar-refractivity contribution in [1.29, 1.82) is 0 Å². The van der Waals surface area contributed by atoms with E-state index in [0.29, 0.717) is 5.56 Å². The van der Waals surface area contributed by atoms with Gasteiger partial charge in [0.05, 0.1) is 6.61 Å². The number of carboxylic acids is 1. The maximum absolute atomic E-state index is 11.2. The molecule has 0 radical (unpaired) electrons. The first-order valence-electron chi connectivity index (χ1n) is 5.80. The van der Waals surface area contributed by atoms with Gasteiger partial charge in [-0.25, -0.2) is 4.79 Å². The largest absolute Gasteiger partial charge is 0.479 e. The van der Waals surface area contributed by atoms with Crippen LogP contribution in [0.15, 0.2) is 59.1 Å². The molecule has 0 aliphatic carbocycles. The van der Waals surface area contributed by atoms with Gasteiger partial charge in [-0.05, 0) is 23.3 Å². The molecule has 0 amide bonds. The topological polar surface area (TPSA) is 46.5 Å². The lowest BCUT2D eigenvalue weighted by atomic mass is 10.1. The minimum absolute atomic E-state index is 0.263. The molecule has 4 heteroatoms. The maximum Gasteiger partial charge on any atom is 0.337 e. The van der Waals surface area contributed by atoms with Gasteiger partial charge in [-0.1, -0.05) is 58.4 Å². The van der Waals surface area contributed by atoms with Gasteiger partial charge in [0.15, 0.2) is 6.10 Å². The van der Waals surface area contributed by atoms with E-state index in [1.807, 2.05) is 30.3 Å². The number of benzene rings is 2. The van der Waals surface area contributed by atoms with E-state index >= 15 is 0 Å². The predicted molar refractivity (Wildman–Crippen MR) is 75.7 cm³/mol. The van der Waals surface area contributed by atoms with Crippen LogP contribution in [-0.2, 0) is 16.1 Å². The molecule has 19 heavy (non-hydrogen) atoms. The summed E-state index contributed by atoms with van der Waals surface area (Å²) in [4.78, 5) is 11.2. The average Bonchev–Trinajstić information content (AvgIpc) is 2.42. The third-order valence-corrected chi connectivity index (χ3v) is 3.19. The zero-order valence-corrected chi connectivity index (χ0v) is 11.7. The van der Waals surface area contributed by atoms with Crippen LogP contribution in [0.4, 0.5) is 0 Å². The van der Waals surface area contributed by atoms with Crippen molar-refractivity contribution in [2.24, 2.45) is 0 Å². The standard InChI is InChI=1S/C15H13BrO3/c16-13-8-6-11(7-9-13)10-19-14(15(17)18)12-4-2-1-3-5-12/h1-9,14H,10H2,(H,17,18). The minimum Gasteiger partial charge on any atom is -0.479 e. The van der Waals surface area contributed by atoms with Crippen molar-refractivity contribution < 1.29 is 14.6 Å². The van der Waals surface area contributed by atoms with Gasteiger partial charge in [-0.15, -0.1) is 0 Å². The highest BCUT2D eigenvalue weighted by Crippen LogP contribution is 2.20. The zero-order chi connectivity index (χ0) is 13.7. The Morgan fingerprint density at radius 1 is 1.11 bits per heavy atom. The number of rotatable bonds is 5. The molecule has 0 saturated heterocycles. The fraction of sp³-hybridized carbons (Fsp3) is 0.133. The molecule has 0 bridgehead atoms. The number of carboxylic acid groups (broad SMARTS) is 1. The van der Waals surface area contributed by atoms with Crippen LogP contribution in [0.5, 0.6) is 0 Å². The monoisotopic (exact) mass is 320 g/mol. The summed E-state index contributed by atoms with van der Waals surface area (Å²) in [6.45, 7) is 0.263. The van der Waals surface area contributed by atoms with Gasteiger partial charge in [0.1, 0.15) is 0 Å². The van der Waals surface area contributed by atoms with Crippen LogP contribution >= 0.6 is 15.9 Å². The second-order valence-electron chi connectivity index (χ2n) is 4.07. The molecule has 1 unspecified atom stereocenters. The number of ether oxygens (including phenoxy) is 1. The van der Waals surface area contributed by atoms with Crippen molar-refractivity contribution in [2.75, 3.05) is 0 Å². The second kappa shape index (κ2) is 6.50. The molecule has 3 nitrogen and oxygen atoms in total. The molecule has 2 aromatic rings. The van der Waals surface area contributed by atoms with Gasteiger partial charge in [-0.3, -0.25) is 0 Å². The van der Waals surface area contributed by atoms with Crippen LogP contribution in [0.1, 0.15) is 17.2 Å². The van der Waals surface area contributed by atoms with E-state index in [2.05, 4.69) is 15.9 Å². The number of carbonyl (C=O) groups is 1. The molecule has 1 atom stereocenters. The van der Waals surface area contributed by atoms with Crippen molar-refractivity contribution in [3.05, 3.63) is 70.2 Å². The van der Waals surface area contributed by atoms with Crippen molar-refractivity contribution in [3.63, 3.8) is 0 Å². The van der Waals surface area contributed by atoms with Crippen LogP contribution in [-0.4, -0.2) is 11.1 Å².